The van der Waals surface area contributed by atoms with Crippen LogP contribution in [-0.2, 0) is 9.59 Å². The fourth-order valence-electron chi connectivity index (χ4n) is 2.84. The van der Waals surface area contributed by atoms with E-state index in [0.29, 0.717) is 0 Å². The number of carbonyl (C=O) groups is 2. The maximum Gasteiger partial charge on any atom is 0.323 e. The molecule has 4 heteroatoms. The van der Waals surface area contributed by atoms with Gasteiger partial charge in [0, 0.05) is 12.0 Å². The van der Waals surface area contributed by atoms with Crippen molar-refractivity contribution in [3.8, 4) is 0 Å². The molecule has 3 atom stereocenters. The first-order valence-electron chi connectivity index (χ1n) is 7.53. The van der Waals surface area contributed by atoms with E-state index < -0.39 is 5.97 Å². The summed E-state index contributed by atoms with van der Waals surface area (Å²) >= 11 is 0. The summed E-state index contributed by atoms with van der Waals surface area (Å²) in [6.07, 6.45) is 1.59. The lowest BCUT2D eigenvalue weighted by Crippen LogP contribution is -2.42. The molecule has 114 valence electrons. The van der Waals surface area contributed by atoms with Crippen molar-refractivity contribution in [2.45, 2.75) is 45.6 Å². The van der Waals surface area contributed by atoms with Gasteiger partial charge in [0.05, 0.1) is 0 Å². The van der Waals surface area contributed by atoms with Gasteiger partial charge >= 0.3 is 5.97 Å². The summed E-state index contributed by atoms with van der Waals surface area (Å²) in [5.41, 5.74) is 2.42. The largest absolute Gasteiger partial charge is 0.480 e. The molecule has 0 aromatic heterocycles. The number of aryl methyl sites for hydroxylation is 1. The van der Waals surface area contributed by atoms with Gasteiger partial charge in [-0.3, -0.25) is 9.59 Å². The van der Waals surface area contributed by atoms with Gasteiger partial charge in [-0.15, -0.1) is 0 Å². The number of benzene rings is 1. The summed E-state index contributed by atoms with van der Waals surface area (Å²) in [6.45, 7) is 5.73. The highest BCUT2D eigenvalue weighted by Crippen LogP contribution is 2.49. The quantitative estimate of drug-likeness (QED) is 0.876. The van der Waals surface area contributed by atoms with Crippen molar-refractivity contribution in [2.24, 2.45) is 5.92 Å². The van der Waals surface area contributed by atoms with E-state index in [0.717, 1.165) is 12.8 Å². The van der Waals surface area contributed by atoms with Crippen LogP contribution in [-0.4, -0.2) is 34.5 Å². The highest BCUT2D eigenvalue weighted by molar-refractivity contribution is 5.86. The number of carboxylic acid groups (broad SMARTS) is 1. The monoisotopic (exact) mass is 289 g/mol. The molecule has 4 nitrogen and oxygen atoms in total. The molecule has 1 fully saturated rings. The van der Waals surface area contributed by atoms with Gasteiger partial charge in [0.1, 0.15) is 6.54 Å². The fraction of sp³-hybridized carbons (Fsp3) is 0.529. The lowest BCUT2D eigenvalue weighted by atomic mass is 10.0. The highest BCUT2D eigenvalue weighted by Gasteiger charge is 2.47. The molecule has 3 unspecified atom stereocenters. The summed E-state index contributed by atoms with van der Waals surface area (Å²) in [5, 5.41) is 9.01. The van der Waals surface area contributed by atoms with Crippen LogP contribution in [0.1, 0.15) is 43.7 Å². The molecular formula is C17H23NO3. The van der Waals surface area contributed by atoms with Crippen molar-refractivity contribution in [3.05, 3.63) is 35.4 Å². The molecule has 1 aromatic rings. The zero-order valence-electron chi connectivity index (χ0n) is 12.9. The van der Waals surface area contributed by atoms with E-state index in [1.807, 2.05) is 26.0 Å². The standard InChI is InChI=1S/C17H23NO3/c1-4-12(3)18(10-16(19)20)17(21)15-9-14(15)13-8-6-5-7-11(13)2/h5-8,12,14-15H,4,9-10H2,1-3H3,(H,19,20). The summed E-state index contributed by atoms with van der Waals surface area (Å²) in [6, 6.07) is 8.07. The van der Waals surface area contributed by atoms with Crippen LogP contribution < -0.4 is 0 Å². The smallest absolute Gasteiger partial charge is 0.323 e. The number of hydrogen-bond donors (Lipinski definition) is 1. The predicted octanol–water partition coefficient (Wildman–Crippen LogP) is 2.81. The molecule has 21 heavy (non-hydrogen) atoms. The topological polar surface area (TPSA) is 57.6 Å². The molecular weight excluding hydrogens is 266 g/mol. The van der Waals surface area contributed by atoms with Gasteiger partial charge in [0.2, 0.25) is 5.91 Å². The molecule has 0 bridgehead atoms. The first kappa shape index (κ1) is 15.5. The van der Waals surface area contributed by atoms with E-state index in [1.54, 1.807) is 0 Å². The average Bonchev–Trinajstić information content (AvgIpc) is 3.23. The molecule has 1 amide bonds. The van der Waals surface area contributed by atoms with E-state index in [9.17, 15) is 9.59 Å². The molecule has 0 radical (unpaired) electrons. The maximum atomic E-state index is 12.6. The van der Waals surface area contributed by atoms with E-state index in [1.165, 1.54) is 16.0 Å². The Labute approximate surface area is 125 Å². The van der Waals surface area contributed by atoms with Crippen LogP contribution in [0.25, 0.3) is 0 Å². The zero-order valence-corrected chi connectivity index (χ0v) is 12.9. The molecule has 1 aromatic carbocycles. The van der Waals surface area contributed by atoms with Crippen molar-refractivity contribution in [2.75, 3.05) is 6.54 Å². The van der Waals surface area contributed by atoms with Crippen LogP contribution in [0, 0.1) is 12.8 Å². The van der Waals surface area contributed by atoms with Crippen LogP contribution >= 0.6 is 0 Å². The summed E-state index contributed by atoms with van der Waals surface area (Å²) in [4.78, 5) is 25.1. The van der Waals surface area contributed by atoms with Gasteiger partial charge in [-0.1, -0.05) is 31.2 Å². The van der Waals surface area contributed by atoms with Crippen molar-refractivity contribution in [1.82, 2.24) is 4.90 Å². The zero-order chi connectivity index (χ0) is 15.6. The Balaban J connectivity index is 2.10. The molecule has 2 rings (SSSR count). The van der Waals surface area contributed by atoms with Crippen LogP contribution in [0.5, 0.6) is 0 Å². The number of carbonyl (C=O) groups excluding carboxylic acids is 1. The van der Waals surface area contributed by atoms with Crippen molar-refractivity contribution >= 4 is 11.9 Å². The lowest BCUT2D eigenvalue weighted by Gasteiger charge is -2.27. The number of nitrogens with zero attached hydrogens (tertiary/aromatic N) is 1. The number of rotatable bonds is 6. The summed E-state index contributed by atoms with van der Waals surface area (Å²) in [7, 11) is 0. The lowest BCUT2D eigenvalue weighted by molar-refractivity contribution is -0.146. The van der Waals surface area contributed by atoms with Gasteiger partial charge in [-0.05, 0) is 43.7 Å². The molecule has 1 aliphatic rings. The molecule has 0 aliphatic heterocycles. The van der Waals surface area contributed by atoms with Gasteiger partial charge in [-0.2, -0.15) is 0 Å². The second-order valence-electron chi connectivity index (χ2n) is 5.92. The molecule has 0 spiro atoms. The third kappa shape index (κ3) is 3.43. The van der Waals surface area contributed by atoms with Gasteiger partial charge in [-0.25, -0.2) is 0 Å². The number of hydrogen-bond acceptors (Lipinski definition) is 2. The minimum Gasteiger partial charge on any atom is -0.480 e. The number of aliphatic carboxylic acids is 1. The Kier molecular flexibility index (Phi) is 4.66. The minimum absolute atomic E-state index is 0.0139. The van der Waals surface area contributed by atoms with Crippen LogP contribution in [0.3, 0.4) is 0 Å². The van der Waals surface area contributed by atoms with Crippen molar-refractivity contribution < 1.29 is 14.7 Å². The molecule has 0 saturated heterocycles. The van der Waals surface area contributed by atoms with E-state index in [4.69, 9.17) is 5.11 Å². The Morgan fingerprint density at radius 3 is 2.62 bits per heavy atom. The first-order chi connectivity index (χ1) is 9.95. The van der Waals surface area contributed by atoms with E-state index in [-0.39, 0.29) is 30.3 Å². The van der Waals surface area contributed by atoms with Crippen LogP contribution in [0.2, 0.25) is 0 Å². The third-order valence-electron chi connectivity index (χ3n) is 4.41. The number of carboxylic acids is 1. The third-order valence-corrected chi connectivity index (χ3v) is 4.41. The molecule has 1 aliphatic carbocycles. The summed E-state index contributed by atoms with van der Waals surface area (Å²) < 4.78 is 0. The molecule has 1 saturated carbocycles. The minimum atomic E-state index is -0.947. The van der Waals surface area contributed by atoms with E-state index in [2.05, 4.69) is 19.1 Å². The first-order valence-corrected chi connectivity index (χ1v) is 7.53. The fourth-order valence-corrected chi connectivity index (χ4v) is 2.84. The Bertz CT molecular complexity index is 541. The Hall–Kier alpha value is -1.84. The van der Waals surface area contributed by atoms with Gasteiger partial charge in [0.25, 0.3) is 0 Å². The van der Waals surface area contributed by atoms with E-state index >= 15 is 0 Å². The average molecular weight is 289 g/mol. The van der Waals surface area contributed by atoms with Crippen molar-refractivity contribution in [3.63, 3.8) is 0 Å². The normalized spacial score (nSPS) is 21.7. The predicted molar refractivity (Wildman–Crippen MR) is 81.1 cm³/mol. The van der Waals surface area contributed by atoms with Gasteiger partial charge < -0.3 is 10.0 Å². The Morgan fingerprint density at radius 1 is 1.38 bits per heavy atom. The maximum absolute atomic E-state index is 12.6. The molecule has 1 N–H and O–H groups in total. The summed E-state index contributed by atoms with van der Waals surface area (Å²) in [5.74, 6) is -0.768. The molecule has 0 heterocycles. The second-order valence-corrected chi connectivity index (χ2v) is 5.92. The number of amides is 1. The van der Waals surface area contributed by atoms with Gasteiger partial charge in [0.15, 0.2) is 0 Å². The highest BCUT2D eigenvalue weighted by atomic mass is 16.4. The van der Waals surface area contributed by atoms with Crippen LogP contribution in [0.15, 0.2) is 24.3 Å². The Morgan fingerprint density at radius 2 is 2.05 bits per heavy atom. The second kappa shape index (κ2) is 6.29. The SMILES string of the molecule is CCC(C)N(CC(=O)O)C(=O)C1CC1c1ccccc1C. The van der Waals surface area contributed by atoms with Crippen LogP contribution in [0.4, 0.5) is 0 Å². The van der Waals surface area contributed by atoms with Crippen molar-refractivity contribution in [1.29, 1.82) is 0 Å².